The number of nitrogens with two attached hydrogens (primary N) is 1. The highest BCUT2D eigenvalue weighted by atomic mass is 16.5. The van der Waals surface area contributed by atoms with Crippen LogP contribution in [0, 0.1) is 0 Å². The van der Waals surface area contributed by atoms with Crippen LogP contribution < -0.4 is 15.8 Å². The minimum absolute atomic E-state index is 0.459. The van der Waals surface area contributed by atoms with E-state index in [1.54, 1.807) is 7.11 Å². The number of imide groups is 1. The summed E-state index contributed by atoms with van der Waals surface area (Å²) in [6, 6.07) is 15.4. The van der Waals surface area contributed by atoms with Crippen molar-refractivity contribution in [2.75, 3.05) is 14.2 Å². The van der Waals surface area contributed by atoms with Gasteiger partial charge in [0.05, 0.1) is 7.11 Å². The molecule has 0 aliphatic carbocycles. The number of ether oxygens (including phenoxy) is 1. The predicted octanol–water partition coefficient (Wildman–Crippen LogP) is 2.06. The Hall–Kier alpha value is -2.86. The molecule has 2 aromatic rings. The van der Waals surface area contributed by atoms with Crippen molar-refractivity contribution in [1.82, 2.24) is 10.2 Å². The Balaban J connectivity index is 2.25. The van der Waals surface area contributed by atoms with E-state index in [9.17, 15) is 9.59 Å². The lowest BCUT2D eigenvalue weighted by molar-refractivity contribution is -0.125. The fourth-order valence-corrected chi connectivity index (χ4v) is 2.58. The van der Waals surface area contributed by atoms with Gasteiger partial charge in [-0.25, -0.2) is 4.79 Å². The van der Waals surface area contributed by atoms with Gasteiger partial charge in [0.15, 0.2) is 0 Å². The lowest BCUT2D eigenvalue weighted by Gasteiger charge is -2.27. The highest BCUT2D eigenvalue weighted by Crippen LogP contribution is 2.23. The fourth-order valence-electron chi connectivity index (χ4n) is 2.58. The van der Waals surface area contributed by atoms with Crippen LogP contribution in [0.5, 0.6) is 5.75 Å². The van der Waals surface area contributed by atoms with Crippen LogP contribution in [0.4, 0.5) is 4.79 Å². The first-order valence-corrected chi connectivity index (χ1v) is 7.49. The van der Waals surface area contributed by atoms with E-state index >= 15 is 0 Å². The third-order valence-corrected chi connectivity index (χ3v) is 3.62. The van der Waals surface area contributed by atoms with Gasteiger partial charge >= 0.3 is 6.03 Å². The molecule has 0 saturated carbocycles. The number of carbonyl (C=O) groups is 2. The van der Waals surface area contributed by atoms with Gasteiger partial charge in [-0.3, -0.25) is 15.0 Å². The summed E-state index contributed by atoms with van der Waals surface area (Å²) in [5.41, 5.74) is 6.86. The summed E-state index contributed by atoms with van der Waals surface area (Å²) in [6.07, 6.45) is 0. The molecule has 6 nitrogen and oxygen atoms in total. The molecule has 0 aliphatic heterocycles. The third-order valence-electron chi connectivity index (χ3n) is 3.62. The topological polar surface area (TPSA) is 84.7 Å². The first-order valence-electron chi connectivity index (χ1n) is 7.49. The summed E-state index contributed by atoms with van der Waals surface area (Å²) in [7, 11) is 3.42. The molecule has 0 bridgehead atoms. The Labute approximate surface area is 141 Å². The number of carbonyl (C=O) groups excluding carboxylic acids is 2. The van der Waals surface area contributed by atoms with Gasteiger partial charge in [-0.05, 0) is 30.3 Å². The van der Waals surface area contributed by atoms with Crippen molar-refractivity contribution in [3.05, 3.63) is 65.7 Å². The zero-order chi connectivity index (χ0) is 17.5. The van der Waals surface area contributed by atoms with E-state index in [1.807, 2.05) is 66.5 Å². The average molecular weight is 327 g/mol. The molecule has 2 aromatic carbocycles. The zero-order valence-corrected chi connectivity index (χ0v) is 13.7. The second-order valence-electron chi connectivity index (χ2n) is 5.43. The maximum atomic E-state index is 12.4. The molecule has 126 valence electrons. The van der Waals surface area contributed by atoms with E-state index in [0.29, 0.717) is 6.54 Å². The number of rotatable bonds is 6. The molecule has 2 rings (SSSR count). The molecule has 0 radical (unpaired) electrons. The van der Waals surface area contributed by atoms with Crippen LogP contribution >= 0.6 is 0 Å². The van der Waals surface area contributed by atoms with Crippen molar-refractivity contribution in [1.29, 1.82) is 0 Å². The van der Waals surface area contributed by atoms with Crippen molar-refractivity contribution in [3.8, 4) is 5.75 Å². The first-order chi connectivity index (χ1) is 11.5. The molecule has 0 heterocycles. The third kappa shape index (κ3) is 4.57. The molecule has 24 heavy (non-hydrogen) atoms. The maximum absolute atomic E-state index is 12.4. The quantitative estimate of drug-likeness (QED) is 0.850. The van der Waals surface area contributed by atoms with E-state index < -0.39 is 18.0 Å². The Morgan fingerprint density at radius 2 is 1.88 bits per heavy atom. The summed E-state index contributed by atoms with van der Waals surface area (Å²) in [5, 5.41) is 2.16. The largest absolute Gasteiger partial charge is 0.497 e. The van der Waals surface area contributed by atoms with Crippen LogP contribution in [0.25, 0.3) is 0 Å². The number of urea groups is 1. The summed E-state index contributed by atoms with van der Waals surface area (Å²) in [5.74, 6) is 0.290. The zero-order valence-electron chi connectivity index (χ0n) is 13.7. The summed E-state index contributed by atoms with van der Waals surface area (Å²) in [4.78, 5) is 25.3. The highest BCUT2D eigenvalue weighted by Gasteiger charge is 2.26. The minimum atomic E-state index is -0.865. The molecule has 3 N–H and O–H groups in total. The lowest BCUT2D eigenvalue weighted by atomic mass is 10.0. The number of nitrogens with zero attached hydrogens (tertiary/aromatic N) is 1. The molecule has 0 aromatic heterocycles. The smallest absolute Gasteiger partial charge is 0.318 e. The number of nitrogens with one attached hydrogen (secondary N) is 1. The van der Waals surface area contributed by atoms with Crippen molar-refractivity contribution < 1.29 is 14.3 Å². The van der Waals surface area contributed by atoms with Gasteiger partial charge in [0, 0.05) is 6.54 Å². The Morgan fingerprint density at radius 3 is 2.50 bits per heavy atom. The summed E-state index contributed by atoms with van der Waals surface area (Å²) >= 11 is 0. The molecular weight excluding hydrogens is 306 g/mol. The molecule has 1 atom stereocenters. The molecule has 0 fully saturated rings. The van der Waals surface area contributed by atoms with E-state index in [0.717, 1.165) is 16.9 Å². The van der Waals surface area contributed by atoms with Gasteiger partial charge in [0.1, 0.15) is 11.8 Å². The van der Waals surface area contributed by atoms with Crippen molar-refractivity contribution in [2.45, 2.75) is 12.6 Å². The molecule has 0 spiro atoms. The van der Waals surface area contributed by atoms with Gasteiger partial charge in [0.25, 0.3) is 0 Å². The van der Waals surface area contributed by atoms with Crippen LogP contribution in [0.1, 0.15) is 17.2 Å². The maximum Gasteiger partial charge on any atom is 0.318 e. The van der Waals surface area contributed by atoms with Crippen LogP contribution in [0.3, 0.4) is 0 Å². The monoisotopic (exact) mass is 327 g/mol. The van der Waals surface area contributed by atoms with Crippen molar-refractivity contribution in [3.63, 3.8) is 0 Å². The molecule has 1 unspecified atom stereocenters. The van der Waals surface area contributed by atoms with Gasteiger partial charge in [-0.2, -0.15) is 0 Å². The lowest BCUT2D eigenvalue weighted by Crippen LogP contribution is -2.43. The number of methoxy groups -OCH3 is 1. The predicted molar refractivity (Wildman–Crippen MR) is 91.4 cm³/mol. The number of hydrogen-bond donors (Lipinski definition) is 2. The molecule has 0 saturated heterocycles. The number of benzene rings is 2. The standard InChI is InChI=1S/C18H21N3O3/c1-21(12-13-7-6-10-15(11-13)24-2)16(17(22)20-18(19)23)14-8-4-3-5-9-14/h3-11,16H,12H2,1-2H3,(H3,19,20,22,23). The van der Waals surface area contributed by atoms with Crippen molar-refractivity contribution in [2.24, 2.45) is 5.73 Å². The van der Waals surface area contributed by atoms with Gasteiger partial charge in [-0.1, -0.05) is 42.5 Å². The number of likely N-dealkylation sites (N-methyl/N-ethyl adjacent to an activating group) is 1. The normalized spacial score (nSPS) is 11.8. The summed E-state index contributed by atoms with van der Waals surface area (Å²) < 4.78 is 5.22. The molecule has 6 heteroatoms. The van der Waals surface area contributed by atoms with Gasteiger partial charge in [-0.15, -0.1) is 0 Å². The minimum Gasteiger partial charge on any atom is -0.497 e. The van der Waals surface area contributed by atoms with E-state index in [-0.39, 0.29) is 0 Å². The average Bonchev–Trinajstić information content (AvgIpc) is 2.55. The van der Waals surface area contributed by atoms with E-state index in [2.05, 4.69) is 5.32 Å². The summed E-state index contributed by atoms with van der Waals surface area (Å²) in [6.45, 7) is 0.503. The second-order valence-corrected chi connectivity index (χ2v) is 5.43. The van der Waals surface area contributed by atoms with Crippen molar-refractivity contribution >= 4 is 11.9 Å². The molecule has 0 aliphatic rings. The molecular formula is C18H21N3O3. The Bertz CT molecular complexity index is 704. The second kappa shape index (κ2) is 8.12. The van der Waals surface area contributed by atoms with E-state index in [4.69, 9.17) is 10.5 Å². The first kappa shape index (κ1) is 17.5. The van der Waals surface area contributed by atoms with Gasteiger partial charge in [0.2, 0.25) is 5.91 Å². The van der Waals surface area contributed by atoms with Gasteiger partial charge < -0.3 is 10.5 Å². The van der Waals surface area contributed by atoms with E-state index in [1.165, 1.54) is 0 Å². The van der Waals surface area contributed by atoms with Crippen LogP contribution in [0.2, 0.25) is 0 Å². The fraction of sp³-hybridized carbons (Fsp3) is 0.222. The highest BCUT2D eigenvalue weighted by molar-refractivity contribution is 5.96. The number of hydrogen-bond acceptors (Lipinski definition) is 4. The SMILES string of the molecule is COc1cccc(CN(C)C(C(=O)NC(N)=O)c2ccccc2)c1. The Morgan fingerprint density at radius 1 is 1.17 bits per heavy atom. The number of amides is 3. The van der Waals surface area contributed by atoms with Crippen LogP contribution in [-0.2, 0) is 11.3 Å². The molecule has 3 amide bonds. The van der Waals surface area contributed by atoms with Crippen LogP contribution in [-0.4, -0.2) is 31.0 Å². The Kier molecular flexibility index (Phi) is 5.92. The number of primary amides is 1. The van der Waals surface area contributed by atoms with Crippen LogP contribution in [0.15, 0.2) is 54.6 Å².